The summed E-state index contributed by atoms with van der Waals surface area (Å²) in [6.07, 6.45) is 0. The fourth-order valence-electron chi connectivity index (χ4n) is 9.23. The van der Waals surface area contributed by atoms with E-state index in [1.165, 1.54) is 0 Å². The van der Waals surface area contributed by atoms with Gasteiger partial charge in [-0.2, -0.15) is 0 Å². The van der Waals surface area contributed by atoms with E-state index >= 15 is 0 Å². The Balaban J connectivity index is 0.00000325. The van der Waals surface area contributed by atoms with Crippen LogP contribution >= 0.6 is 0 Å². The van der Waals surface area contributed by atoms with Gasteiger partial charge in [0.25, 0.3) is 0 Å². The summed E-state index contributed by atoms with van der Waals surface area (Å²) < 4.78 is 8.19. The zero-order chi connectivity index (χ0) is 51.5. The summed E-state index contributed by atoms with van der Waals surface area (Å²) in [5, 5.41) is 3.56. The van der Waals surface area contributed by atoms with E-state index in [0.29, 0.717) is 45.9 Å². The first-order chi connectivity index (χ1) is 32.5. The van der Waals surface area contributed by atoms with Crippen molar-refractivity contribution in [2.24, 2.45) is 0 Å². The van der Waals surface area contributed by atoms with Gasteiger partial charge >= 0.3 is 21.0 Å². The average Bonchev–Trinajstić information content (AvgIpc) is 3.99. The molecule has 8 bridgehead atoms. The molecule has 70 heavy (non-hydrogen) atoms. The number of nitrogens with zero attached hydrogens (tertiary/aromatic N) is 12. The van der Waals surface area contributed by atoms with Gasteiger partial charge in [-0.05, 0) is 103 Å². The third-order valence-corrected chi connectivity index (χ3v) is 13.4. The second-order valence-electron chi connectivity index (χ2n) is 23.7. The van der Waals surface area contributed by atoms with Crippen molar-refractivity contribution in [1.29, 1.82) is 0 Å². The summed E-state index contributed by atoms with van der Waals surface area (Å²) >= 11 is 1.06. The number of anilines is 4. The van der Waals surface area contributed by atoms with Crippen LogP contribution in [0.1, 0.15) is 105 Å². The van der Waals surface area contributed by atoms with Crippen LogP contribution < -0.4 is 29.6 Å². The van der Waals surface area contributed by atoms with Crippen LogP contribution in [-0.2, 0) is 42.7 Å². The van der Waals surface area contributed by atoms with Crippen molar-refractivity contribution in [3.63, 3.8) is 0 Å². The minimum atomic E-state index is -0.169. The second kappa shape index (κ2) is 17.3. The fraction of sp³-hybridized carbons (Fsp3) is 0.429. The number of hydrogen-bond acceptors (Lipinski definition) is 11. The van der Waals surface area contributed by atoms with Crippen LogP contribution in [0.15, 0.2) is 48.5 Å². The molecule has 0 amide bonds. The Morgan fingerprint density at radius 1 is 0.357 bits per heavy atom. The Bertz CT molecular complexity index is 3200. The molecule has 3 aromatic heterocycles. The Hall–Kier alpha value is -6.18. The van der Waals surface area contributed by atoms with E-state index in [1.54, 1.807) is 0 Å². The molecule has 0 atom stereocenters. The van der Waals surface area contributed by atoms with Gasteiger partial charge in [-0.15, -0.1) is 0 Å². The Kier molecular flexibility index (Phi) is 12.4. The van der Waals surface area contributed by atoms with Crippen molar-refractivity contribution in [2.45, 2.75) is 105 Å². The Morgan fingerprint density at radius 2 is 0.629 bits per heavy atom. The van der Waals surface area contributed by atoms with Crippen LogP contribution in [0.25, 0.3) is 89.7 Å². The van der Waals surface area contributed by atoms with Gasteiger partial charge in [-0.25, -0.2) is 9.97 Å². The maximum atomic E-state index is 8.19. The van der Waals surface area contributed by atoms with Gasteiger partial charge < -0.3 is 49.5 Å². The third kappa shape index (κ3) is 8.73. The molecule has 0 saturated carbocycles. The van der Waals surface area contributed by atoms with Crippen LogP contribution in [0.5, 0.6) is 0 Å². The molecule has 7 aromatic rings. The van der Waals surface area contributed by atoms with Crippen molar-refractivity contribution in [3.05, 3.63) is 70.8 Å². The molecule has 0 fully saturated rings. The van der Waals surface area contributed by atoms with Crippen molar-refractivity contribution in [3.8, 4) is 45.6 Å². The molecule has 0 N–H and O–H groups in total. The van der Waals surface area contributed by atoms with Crippen molar-refractivity contribution in [2.75, 3.05) is 76.0 Å². The molecule has 0 spiro atoms. The van der Waals surface area contributed by atoms with Crippen molar-refractivity contribution >= 4 is 66.9 Å². The van der Waals surface area contributed by atoms with Gasteiger partial charge in [-0.3, -0.25) is 0 Å². The van der Waals surface area contributed by atoms with E-state index in [9.17, 15) is 0 Å². The van der Waals surface area contributed by atoms with Crippen LogP contribution in [0.2, 0.25) is 0 Å². The molecular formula is C56H68N12OV. The molecule has 0 radical (unpaired) electrons. The summed E-state index contributed by atoms with van der Waals surface area (Å²) in [5.41, 5.74) is 13.6. The molecule has 2 aliphatic heterocycles. The molecule has 0 unspecified atom stereocenters. The summed E-state index contributed by atoms with van der Waals surface area (Å²) in [4.78, 5) is 52.3. The molecule has 9 rings (SSSR count). The molecular weight excluding hydrogens is 908 g/mol. The SMILES string of the molecule is CN(C)c1cc(C(C)(C)C)cc2c1-c1nc-2nc2[n-]c(nc3nc(nc4[n-]c(n1)c1cc(C(C)(C)C)cc(N(C)C)c41)-c1cc(C(C)(C)C)cc(N(C)C)c1-3)c1cc(C(C)(C)C)cc(N(C)C)c21.[O]=[V+2]. The van der Waals surface area contributed by atoms with Gasteiger partial charge in [0, 0.05) is 135 Å². The summed E-state index contributed by atoms with van der Waals surface area (Å²) in [6, 6.07) is 18.0. The third-order valence-electron chi connectivity index (χ3n) is 13.4. The number of fused-ring (bicyclic) bond motifs is 20. The fourth-order valence-corrected chi connectivity index (χ4v) is 9.23. The summed E-state index contributed by atoms with van der Waals surface area (Å²) in [6.45, 7) is 26.9. The van der Waals surface area contributed by atoms with E-state index in [1.807, 2.05) is 0 Å². The maximum absolute atomic E-state index is 8.19. The number of rotatable bonds is 4. The van der Waals surface area contributed by atoms with E-state index < -0.39 is 0 Å². The molecule has 4 aromatic carbocycles. The van der Waals surface area contributed by atoms with E-state index in [-0.39, 0.29) is 21.7 Å². The standard InChI is InChI=1S/C56H68N12.O.V/c1-53(2,3)29-21-33-41(37(25-29)65(13)14)49-57-45(33)61-50-42-34(22-30(54(4,5)6)26-38(42)66(15)16)47(58-50)63-52-44-36(24-32(56(10,11)12)28-40(44)68(19)20)48(60-52)64-51-43-35(46(59-51)62-49)23-31(55(7,8)9)27-39(43)67(17)18;;/h21-28H,1-20H3;;/q-2;;+2. The summed E-state index contributed by atoms with van der Waals surface area (Å²) in [7, 11) is 16.6. The minimum absolute atomic E-state index is 0.169. The van der Waals surface area contributed by atoms with Gasteiger partial charge in [0.05, 0.1) is 23.3 Å². The van der Waals surface area contributed by atoms with Gasteiger partial charge in [0.1, 0.15) is 0 Å². The normalized spacial score (nSPS) is 12.7. The first-order valence-electron chi connectivity index (χ1n) is 23.9. The molecule has 0 aliphatic carbocycles. The molecule has 363 valence electrons. The zero-order valence-electron chi connectivity index (χ0n) is 44.8. The predicted octanol–water partition coefficient (Wildman–Crippen LogP) is 11.5. The Labute approximate surface area is 422 Å². The average molecular weight is 976 g/mol. The van der Waals surface area contributed by atoms with Gasteiger partial charge in [0.2, 0.25) is 0 Å². The van der Waals surface area contributed by atoms with E-state index in [4.69, 9.17) is 43.5 Å². The van der Waals surface area contributed by atoms with E-state index in [2.05, 4.69) is 208 Å². The van der Waals surface area contributed by atoms with Gasteiger partial charge in [-0.1, -0.05) is 83.1 Å². The Morgan fingerprint density at radius 3 is 0.914 bits per heavy atom. The molecule has 5 heterocycles. The monoisotopic (exact) mass is 976 g/mol. The zero-order valence-corrected chi connectivity index (χ0v) is 46.2. The van der Waals surface area contributed by atoms with Crippen molar-refractivity contribution < 1.29 is 21.0 Å². The molecule has 0 saturated heterocycles. The number of benzene rings is 4. The number of hydrogen-bond donors (Lipinski definition) is 0. The molecule has 13 nitrogen and oxygen atoms in total. The second-order valence-corrected chi connectivity index (χ2v) is 23.7. The summed E-state index contributed by atoms with van der Waals surface area (Å²) in [5.74, 6) is 2.12. The first-order valence-corrected chi connectivity index (χ1v) is 24.4. The van der Waals surface area contributed by atoms with Crippen LogP contribution in [0.3, 0.4) is 0 Å². The topological polar surface area (TPSA) is 136 Å². The van der Waals surface area contributed by atoms with E-state index in [0.717, 1.165) is 106 Å². The molecule has 2 aliphatic rings. The van der Waals surface area contributed by atoms with Gasteiger partial charge in [0.15, 0.2) is 0 Å². The predicted molar refractivity (Wildman–Crippen MR) is 287 cm³/mol. The number of aromatic nitrogens is 8. The molecule has 14 heteroatoms. The van der Waals surface area contributed by atoms with Crippen LogP contribution in [0, 0.1) is 0 Å². The quantitative estimate of drug-likeness (QED) is 0.166. The van der Waals surface area contributed by atoms with Crippen LogP contribution in [0.4, 0.5) is 22.7 Å². The van der Waals surface area contributed by atoms with Crippen molar-refractivity contribution in [1.82, 2.24) is 39.9 Å². The van der Waals surface area contributed by atoms with Crippen LogP contribution in [-0.4, -0.2) is 86.3 Å². The first kappa shape index (κ1) is 50.2.